The quantitative estimate of drug-likeness (QED) is 0.857. The maximum atomic E-state index is 12.5. The van der Waals surface area contributed by atoms with Crippen LogP contribution in [-0.4, -0.2) is 13.0 Å². The van der Waals surface area contributed by atoms with Gasteiger partial charge in [0.25, 0.3) is 0 Å². The summed E-state index contributed by atoms with van der Waals surface area (Å²) in [5, 5.41) is 12.3. The van der Waals surface area contributed by atoms with Crippen molar-refractivity contribution in [2.24, 2.45) is 5.41 Å². The summed E-state index contributed by atoms with van der Waals surface area (Å²) in [6.07, 6.45) is 5.41. The summed E-state index contributed by atoms with van der Waals surface area (Å²) >= 11 is 0. The number of carbonyl (C=O) groups is 1. The van der Waals surface area contributed by atoms with Gasteiger partial charge in [0.1, 0.15) is 11.2 Å². The molecule has 0 unspecified atom stereocenters. The maximum absolute atomic E-state index is 12.5. The van der Waals surface area contributed by atoms with E-state index in [0.717, 1.165) is 25.7 Å². The molecular formula is C16H20N2O2. The Bertz CT molecular complexity index is 511. The molecule has 1 amide bonds. The van der Waals surface area contributed by atoms with Gasteiger partial charge in [-0.25, -0.2) is 0 Å². The maximum Gasteiger partial charge on any atom is 0.244 e. The summed E-state index contributed by atoms with van der Waals surface area (Å²) in [6.45, 7) is 0. The van der Waals surface area contributed by atoms with E-state index in [9.17, 15) is 10.1 Å². The molecule has 1 fully saturated rings. The van der Waals surface area contributed by atoms with Crippen LogP contribution in [0.15, 0.2) is 24.3 Å². The van der Waals surface area contributed by atoms with Gasteiger partial charge in [-0.3, -0.25) is 4.79 Å². The van der Waals surface area contributed by atoms with Crippen molar-refractivity contribution in [1.82, 2.24) is 0 Å². The Morgan fingerprint density at radius 3 is 2.60 bits per heavy atom. The fourth-order valence-electron chi connectivity index (χ4n) is 2.67. The second kappa shape index (κ2) is 6.42. The number of ether oxygens (including phenoxy) is 1. The third-order valence-electron chi connectivity index (χ3n) is 3.93. The summed E-state index contributed by atoms with van der Waals surface area (Å²) in [6, 6.07) is 9.47. The zero-order chi connectivity index (χ0) is 14.4. The number of hydrogen-bond acceptors (Lipinski definition) is 3. The van der Waals surface area contributed by atoms with Gasteiger partial charge in [-0.2, -0.15) is 5.26 Å². The summed E-state index contributed by atoms with van der Waals surface area (Å²) < 4.78 is 5.14. The van der Waals surface area contributed by atoms with Crippen LogP contribution in [0.5, 0.6) is 5.75 Å². The van der Waals surface area contributed by atoms with Crippen LogP contribution < -0.4 is 10.1 Å². The monoisotopic (exact) mass is 272 g/mol. The van der Waals surface area contributed by atoms with E-state index in [1.54, 1.807) is 13.2 Å². The van der Waals surface area contributed by atoms with E-state index in [-0.39, 0.29) is 5.91 Å². The third kappa shape index (κ3) is 3.11. The first kappa shape index (κ1) is 14.4. The van der Waals surface area contributed by atoms with Gasteiger partial charge < -0.3 is 10.1 Å². The molecule has 0 aliphatic heterocycles. The smallest absolute Gasteiger partial charge is 0.244 e. The molecule has 0 radical (unpaired) electrons. The van der Waals surface area contributed by atoms with E-state index in [1.165, 1.54) is 0 Å². The molecule has 1 N–H and O–H groups in total. The average Bonchev–Trinajstić information content (AvgIpc) is 2.74. The van der Waals surface area contributed by atoms with E-state index in [4.69, 9.17) is 4.74 Å². The molecule has 1 aromatic carbocycles. The molecule has 0 spiro atoms. The Labute approximate surface area is 119 Å². The van der Waals surface area contributed by atoms with Crippen molar-refractivity contribution in [3.63, 3.8) is 0 Å². The molecular weight excluding hydrogens is 252 g/mol. The number of nitrogens with one attached hydrogen (secondary N) is 1. The number of nitriles is 1. The molecule has 4 heteroatoms. The van der Waals surface area contributed by atoms with E-state index in [0.29, 0.717) is 24.3 Å². The first-order chi connectivity index (χ1) is 9.70. The van der Waals surface area contributed by atoms with Crippen molar-refractivity contribution in [3.8, 4) is 11.8 Å². The van der Waals surface area contributed by atoms with Gasteiger partial charge in [-0.15, -0.1) is 0 Å². The zero-order valence-corrected chi connectivity index (χ0v) is 11.8. The second-order valence-electron chi connectivity index (χ2n) is 5.29. The lowest BCUT2D eigenvalue weighted by molar-refractivity contribution is -0.123. The van der Waals surface area contributed by atoms with Crippen LogP contribution in [0.3, 0.4) is 0 Å². The number of methoxy groups -OCH3 is 1. The lowest BCUT2D eigenvalue weighted by Crippen LogP contribution is -2.34. The van der Waals surface area contributed by atoms with Gasteiger partial charge in [0.15, 0.2) is 0 Å². The molecule has 1 aliphatic rings. The Kier molecular flexibility index (Phi) is 4.62. The number of carbonyl (C=O) groups excluding carboxylic acids is 1. The fraction of sp³-hybridized carbons (Fsp3) is 0.500. The first-order valence-electron chi connectivity index (χ1n) is 7.07. The molecule has 2 rings (SSSR count). The minimum atomic E-state index is -0.875. The molecule has 1 aliphatic carbocycles. The minimum absolute atomic E-state index is 0.185. The molecule has 0 aromatic heterocycles. The van der Waals surface area contributed by atoms with Crippen LogP contribution >= 0.6 is 0 Å². The summed E-state index contributed by atoms with van der Waals surface area (Å²) in [7, 11) is 1.59. The van der Waals surface area contributed by atoms with Crippen molar-refractivity contribution in [3.05, 3.63) is 24.3 Å². The van der Waals surface area contributed by atoms with Crippen LogP contribution in [0, 0.1) is 16.7 Å². The molecule has 106 valence electrons. The highest BCUT2D eigenvalue weighted by Gasteiger charge is 2.38. The SMILES string of the molecule is COc1cccc(NC(=O)C2(C#N)CCCCCC2)c1. The summed E-state index contributed by atoms with van der Waals surface area (Å²) in [5.41, 5.74) is -0.201. The fourth-order valence-corrected chi connectivity index (χ4v) is 2.67. The molecule has 1 aromatic rings. The normalized spacial score (nSPS) is 17.6. The predicted molar refractivity (Wildman–Crippen MR) is 77.4 cm³/mol. The third-order valence-corrected chi connectivity index (χ3v) is 3.93. The Morgan fingerprint density at radius 2 is 2.00 bits per heavy atom. The largest absolute Gasteiger partial charge is 0.497 e. The topological polar surface area (TPSA) is 62.1 Å². The highest BCUT2D eigenvalue weighted by Crippen LogP contribution is 2.35. The van der Waals surface area contributed by atoms with Crippen molar-refractivity contribution in [1.29, 1.82) is 5.26 Å². The lowest BCUT2D eigenvalue weighted by Gasteiger charge is -2.23. The van der Waals surface area contributed by atoms with Crippen molar-refractivity contribution in [2.45, 2.75) is 38.5 Å². The Hall–Kier alpha value is -2.02. The minimum Gasteiger partial charge on any atom is -0.497 e. The molecule has 4 nitrogen and oxygen atoms in total. The van der Waals surface area contributed by atoms with Gasteiger partial charge in [0.05, 0.1) is 13.2 Å². The Morgan fingerprint density at radius 1 is 1.30 bits per heavy atom. The van der Waals surface area contributed by atoms with Crippen molar-refractivity contribution < 1.29 is 9.53 Å². The number of anilines is 1. The van der Waals surface area contributed by atoms with E-state index >= 15 is 0 Å². The number of hydrogen-bond donors (Lipinski definition) is 1. The van der Waals surface area contributed by atoms with Crippen LogP contribution in [0.25, 0.3) is 0 Å². The van der Waals surface area contributed by atoms with Gasteiger partial charge >= 0.3 is 0 Å². The Balaban J connectivity index is 2.14. The number of amides is 1. The molecule has 20 heavy (non-hydrogen) atoms. The summed E-state index contributed by atoms with van der Waals surface area (Å²) in [5.74, 6) is 0.504. The van der Waals surface area contributed by atoms with Gasteiger partial charge in [0, 0.05) is 11.8 Å². The molecule has 0 atom stereocenters. The average molecular weight is 272 g/mol. The van der Waals surface area contributed by atoms with Crippen LogP contribution in [-0.2, 0) is 4.79 Å². The number of benzene rings is 1. The first-order valence-corrected chi connectivity index (χ1v) is 7.07. The molecule has 0 saturated heterocycles. The molecule has 0 heterocycles. The van der Waals surface area contributed by atoms with E-state index in [1.807, 2.05) is 18.2 Å². The van der Waals surface area contributed by atoms with Gasteiger partial charge in [-0.1, -0.05) is 31.7 Å². The standard InChI is InChI=1S/C16H20N2O2/c1-20-14-8-6-7-13(11-14)18-15(19)16(12-17)9-4-2-3-5-10-16/h6-8,11H,2-5,9-10H2,1H3,(H,18,19). The van der Waals surface area contributed by atoms with Crippen molar-refractivity contribution in [2.75, 3.05) is 12.4 Å². The number of rotatable bonds is 3. The lowest BCUT2D eigenvalue weighted by atomic mass is 9.81. The van der Waals surface area contributed by atoms with Crippen LogP contribution in [0.4, 0.5) is 5.69 Å². The second-order valence-corrected chi connectivity index (χ2v) is 5.29. The van der Waals surface area contributed by atoms with Gasteiger partial charge in [-0.05, 0) is 25.0 Å². The van der Waals surface area contributed by atoms with Crippen LogP contribution in [0.1, 0.15) is 38.5 Å². The highest BCUT2D eigenvalue weighted by molar-refractivity contribution is 5.97. The van der Waals surface area contributed by atoms with Gasteiger partial charge in [0.2, 0.25) is 5.91 Å². The number of nitrogens with zero attached hydrogens (tertiary/aromatic N) is 1. The predicted octanol–water partition coefficient (Wildman–Crippen LogP) is 3.50. The zero-order valence-electron chi connectivity index (χ0n) is 11.8. The molecule has 0 bridgehead atoms. The van der Waals surface area contributed by atoms with E-state index < -0.39 is 5.41 Å². The summed E-state index contributed by atoms with van der Waals surface area (Å²) in [4.78, 5) is 12.5. The van der Waals surface area contributed by atoms with Crippen molar-refractivity contribution >= 4 is 11.6 Å². The van der Waals surface area contributed by atoms with E-state index in [2.05, 4.69) is 11.4 Å². The van der Waals surface area contributed by atoms with Crippen LogP contribution in [0.2, 0.25) is 0 Å². The highest BCUT2D eigenvalue weighted by atomic mass is 16.5. The molecule has 1 saturated carbocycles.